The summed E-state index contributed by atoms with van der Waals surface area (Å²) in [7, 11) is 1.52. The first-order valence-electron chi connectivity index (χ1n) is 6.92. The fourth-order valence-corrected chi connectivity index (χ4v) is 2.30. The first-order valence-corrected chi connectivity index (χ1v) is 6.92. The van der Waals surface area contributed by atoms with Crippen LogP contribution in [-0.4, -0.2) is 75.4 Å². The SMILES string of the molecule is CCOC(=O)N1CCN(C(=O)c2c(C(=O)O)cnn2C)CC1. The van der Waals surface area contributed by atoms with E-state index in [0.717, 1.165) is 6.20 Å². The van der Waals surface area contributed by atoms with Crippen LogP contribution >= 0.6 is 0 Å². The Labute approximate surface area is 127 Å². The van der Waals surface area contributed by atoms with Crippen molar-refractivity contribution in [3.63, 3.8) is 0 Å². The molecule has 0 aromatic carbocycles. The van der Waals surface area contributed by atoms with Gasteiger partial charge in [-0.3, -0.25) is 9.48 Å². The Balaban J connectivity index is 2.06. The number of carboxylic acids is 1. The van der Waals surface area contributed by atoms with Crippen molar-refractivity contribution in [2.75, 3.05) is 32.8 Å². The molecule has 0 atom stereocenters. The number of aromatic nitrogens is 2. The number of carbonyl (C=O) groups is 3. The number of carboxylic acid groups (broad SMARTS) is 1. The summed E-state index contributed by atoms with van der Waals surface area (Å²) in [5.74, 6) is -1.59. The summed E-state index contributed by atoms with van der Waals surface area (Å²) >= 11 is 0. The van der Waals surface area contributed by atoms with Crippen LogP contribution in [0.25, 0.3) is 0 Å². The molecule has 120 valence electrons. The highest BCUT2D eigenvalue weighted by molar-refractivity contribution is 6.03. The molecule has 1 fully saturated rings. The zero-order valence-electron chi connectivity index (χ0n) is 12.5. The highest BCUT2D eigenvalue weighted by atomic mass is 16.6. The van der Waals surface area contributed by atoms with E-state index in [-0.39, 0.29) is 11.3 Å². The quantitative estimate of drug-likeness (QED) is 0.844. The van der Waals surface area contributed by atoms with Crippen LogP contribution in [-0.2, 0) is 11.8 Å². The Morgan fingerprint density at radius 1 is 1.23 bits per heavy atom. The predicted molar refractivity (Wildman–Crippen MR) is 74.7 cm³/mol. The summed E-state index contributed by atoms with van der Waals surface area (Å²) < 4.78 is 6.16. The van der Waals surface area contributed by atoms with Crippen molar-refractivity contribution in [3.05, 3.63) is 17.5 Å². The lowest BCUT2D eigenvalue weighted by Gasteiger charge is -2.34. The van der Waals surface area contributed by atoms with Crippen molar-refractivity contribution in [2.24, 2.45) is 7.05 Å². The highest BCUT2D eigenvalue weighted by Crippen LogP contribution is 2.13. The van der Waals surface area contributed by atoms with Crippen molar-refractivity contribution < 1.29 is 24.2 Å². The van der Waals surface area contributed by atoms with Gasteiger partial charge in [-0.15, -0.1) is 0 Å². The maximum atomic E-state index is 12.5. The topological polar surface area (TPSA) is 105 Å². The van der Waals surface area contributed by atoms with E-state index in [0.29, 0.717) is 32.8 Å². The van der Waals surface area contributed by atoms with E-state index in [4.69, 9.17) is 9.84 Å². The molecular weight excluding hydrogens is 292 g/mol. The third kappa shape index (κ3) is 3.02. The lowest BCUT2D eigenvalue weighted by molar-refractivity contribution is 0.0554. The number of hydrogen-bond acceptors (Lipinski definition) is 5. The second-order valence-corrected chi connectivity index (χ2v) is 4.81. The molecule has 1 aromatic rings. The predicted octanol–water partition coefficient (Wildman–Crippen LogP) is 0.0326. The van der Waals surface area contributed by atoms with E-state index in [1.54, 1.807) is 6.92 Å². The van der Waals surface area contributed by atoms with Gasteiger partial charge in [0.05, 0.1) is 12.8 Å². The molecule has 1 saturated heterocycles. The van der Waals surface area contributed by atoms with Crippen molar-refractivity contribution >= 4 is 18.0 Å². The number of aryl methyl sites for hydroxylation is 1. The Kier molecular flexibility index (Phi) is 4.64. The maximum Gasteiger partial charge on any atom is 0.409 e. The molecule has 2 amide bonds. The molecule has 1 N–H and O–H groups in total. The van der Waals surface area contributed by atoms with Gasteiger partial charge in [-0.25, -0.2) is 9.59 Å². The van der Waals surface area contributed by atoms with Gasteiger partial charge in [-0.2, -0.15) is 5.10 Å². The summed E-state index contributed by atoms with van der Waals surface area (Å²) in [5, 5.41) is 12.9. The standard InChI is InChI=1S/C13H18N4O5/c1-3-22-13(21)17-6-4-16(5-7-17)11(18)10-9(12(19)20)8-14-15(10)2/h8H,3-7H2,1-2H3,(H,19,20). The molecular formula is C13H18N4O5. The Morgan fingerprint density at radius 3 is 2.36 bits per heavy atom. The largest absolute Gasteiger partial charge is 0.478 e. The molecule has 1 aliphatic rings. The number of ether oxygens (including phenoxy) is 1. The zero-order valence-corrected chi connectivity index (χ0v) is 12.5. The number of amides is 2. The molecule has 1 aromatic heterocycles. The molecule has 2 rings (SSSR count). The van der Waals surface area contributed by atoms with E-state index < -0.39 is 18.0 Å². The van der Waals surface area contributed by atoms with E-state index in [9.17, 15) is 14.4 Å². The first kappa shape index (κ1) is 15.8. The maximum absolute atomic E-state index is 12.5. The van der Waals surface area contributed by atoms with Gasteiger partial charge in [-0.1, -0.05) is 0 Å². The summed E-state index contributed by atoms with van der Waals surface area (Å²) in [6.07, 6.45) is 0.756. The number of aromatic carboxylic acids is 1. The minimum atomic E-state index is -1.19. The van der Waals surface area contributed by atoms with Crippen LogP contribution in [0, 0.1) is 0 Å². The van der Waals surface area contributed by atoms with Gasteiger partial charge in [-0.05, 0) is 6.92 Å². The summed E-state index contributed by atoms with van der Waals surface area (Å²) in [6, 6.07) is 0. The molecule has 0 aliphatic carbocycles. The lowest BCUT2D eigenvalue weighted by atomic mass is 10.2. The normalized spacial score (nSPS) is 14.8. The van der Waals surface area contributed by atoms with E-state index >= 15 is 0 Å². The van der Waals surface area contributed by atoms with Crippen LogP contribution in [0.5, 0.6) is 0 Å². The summed E-state index contributed by atoms with van der Waals surface area (Å²) in [6.45, 7) is 3.38. The highest BCUT2D eigenvalue weighted by Gasteiger charge is 2.30. The van der Waals surface area contributed by atoms with Gasteiger partial charge in [0.1, 0.15) is 11.3 Å². The van der Waals surface area contributed by atoms with Gasteiger partial charge in [0.2, 0.25) is 0 Å². The first-order chi connectivity index (χ1) is 10.5. The smallest absolute Gasteiger partial charge is 0.409 e. The van der Waals surface area contributed by atoms with Crippen molar-refractivity contribution in [3.8, 4) is 0 Å². The molecule has 0 saturated carbocycles. The molecule has 0 unspecified atom stereocenters. The molecule has 0 bridgehead atoms. The molecule has 0 radical (unpaired) electrons. The second kappa shape index (κ2) is 6.46. The third-order valence-corrected chi connectivity index (χ3v) is 3.46. The monoisotopic (exact) mass is 310 g/mol. The Hall–Kier alpha value is -2.58. The van der Waals surface area contributed by atoms with Crippen LogP contribution in [0.1, 0.15) is 27.8 Å². The summed E-state index contributed by atoms with van der Waals surface area (Å²) in [4.78, 5) is 38.3. The van der Waals surface area contributed by atoms with Crippen molar-refractivity contribution in [1.29, 1.82) is 0 Å². The Morgan fingerprint density at radius 2 is 1.82 bits per heavy atom. The van der Waals surface area contributed by atoms with Crippen LogP contribution in [0.4, 0.5) is 4.79 Å². The van der Waals surface area contributed by atoms with Crippen molar-refractivity contribution in [1.82, 2.24) is 19.6 Å². The average molecular weight is 310 g/mol. The van der Waals surface area contributed by atoms with E-state index in [1.807, 2.05) is 0 Å². The molecule has 2 heterocycles. The Bertz CT molecular complexity index is 589. The molecule has 9 nitrogen and oxygen atoms in total. The number of nitrogens with zero attached hydrogens (tertiary/aromatic N) is 4. The van der Waals surface area contributed by atoms with E-state index in [2.05, 4.69) is 5.10 Å². The number of carbonyl (C=O) groups excluding carboxylic acids is 2. The fraction of sp³-hybridized carbons (Fsp3) is 0.538. The van der Waals surface area contributed by atoms with Gasteiger partial charge >= 0.3 is 12.1 Å². The van der Waals surface area contributed by atoms with Crippen LogP contribution < -0.4 is 0 Å². The van der Waals surface area contributed by atoms with Crippen LogP contribution in [0.15, 0.2) is 6.20 Å². The number of hydrogen-bond donors (Lipinski definition) is 1. The molecule has 1 aliphatic heterocycles. The molecule has 22 heavy (non-hydrogen) atoms. The minimum Gasteiger partial charge on any atom is -0.478 e. The van der Waals surface area contributed by atoms with Gasteiger partial charge < -0.3 is 19.6 Å². The molecule has 9 heteroatoms. The average Bonchev–Trinajstić information content (AvgIpc) is 2.89. The van der Waals surface area contributed by atoms with Gasteiger partial charge in [0.25, 0.3) is 5.91 Å². The van der Waals surface area contributed by atoms with Crippen LogP contribution in [0.3, 0.4) is 0 Å². The van der Waals surface area contributed by atoms with Gasteiger partial charge in [0, 0.05) is 33.2 Å². The van der Waals surface area contributed by atoms with Crippen LogP contribution in [0.2, 0.25) is 0 Å². The second-order valence-electron chi connectivity index (χ2n) is 4.81. The molecule has 0 spiro atoms. The van der Waals surface area contributed by atoms with Crippen molar-refractivity contribution in [2.45, 2.75) is 6.92 Å². The third-order valence-electron chi connectivity index (χ3n) is 3.46. The van der Waals surface area contributed by atoms with Gasteiger partial charge in [0.15, 0.2) is 0 Å². The number of piperazine rings is 1. The summed E-state index contributed by atoms with van der Waals surface area (Å²) in [5.41, 5.74) is -0.0857. The van der Waals surface area contributed by atoms with E-state index in [1.165, 1.54) is 21.5 Å². The number of rotatable bonds is 3. The fourth-order valence-electron chi connectivity index (χ4n) is 2.30. The minimum absolute atomic E-state index is 0.0390. The zero-order chi connectivity index (χ0) is 16.3. The lowest BCUT2D eigenvalue weighted by Crippen LogP contribution is -2.51.